The molecule has 3 heterocycles. The molecule has 4 rings (SSSR count). The van der Waals surface area contributed by atoms with Gasteiger partial charge in [-0.2, -0.15) is 0 Å². The van der Waals surface area contributed by atoms with Crippen LogP contribution in [-0.4, -0.2) is 26.7 Å². The van der Waals surface area contributed by atoms with E-state index in [1.165, 1.54) is 4.52 Å². The fourth-order valence-electron chi connectivity index (χ4n) is 3.57. The number of hydrogen-bond donors (Lipinski definition) is 2. The van der Waals surface area contributed by atoms with Gasteiger partial charge in [0.25, 0.3) is 5.56 Å². The largest absolute Gasteiger partial charge is 0.496 e. The van der Waals surface area contributed by atoms with E-state index in [0.29, 0.717) is 12.2 Å². The predicted octanol–water partition coefficient (Wildman–Crippen LogP) is 3.58. The number of rotatable bonds is 7. The standard InChI is InChI=1S/C23H25N5O2/c1-15(2)23(25-14-16-8-4-5-10-20(16)30-3)19-13-22(29)28-21(26-19)12-18(27-28)17-9-6-7-11-24-17/h4-13,15,23,25,27H,14H2,1-3H3. The molecule has 154 valence electrons. The second-order valence-electron chi connectivity index (χ2n) is 7.51. The van der Waals surface area contributed by atoms with Gasteiger partial charge in [0, 0.05) is 30.4 Å². The fraction of sp³-hybridized carbons (Fsp3) is 0.261. The summed E-state index contributed by atoms with van der Waals surface area (Å²) in [6.07, 6.45) is 1.72. The van der Waals surface area contributed by atoms with Gasteiger partial charge in [-0.15, -0.1) is 0 Å². The van der Waals surface area contributed by atoms with Crippen molar-refractivity contribution in [2.75, 3.05) is 7.11 Å². The first-order valence-electron chi connectivity index (χ1n) is 9.96. The van der Waals surface area contributed by atoms with Crippen molar-refractivity contribution in [2.45, 2.75) is 26.4 Å². The monoisotopic (exact) mass is 403 g/mol. The zero-order valence-corrected chi connectivity index (χ0v) is 17.3. The van der Waals surface area contributed by atoms with Crippen LogP contribution < -0.4 is 15.6 Å². The van der Waals surface area contributed by atoms with E-state index in [2.05, 4.69) is 29.2 Å². The van der Waals surface area contributed by atoms with Crippen molar-refractivity contribution < 1.29 is 4.74 Å². The van der Waals surface area contributed by atoms with Crippen LogP contribution in [0.25, 0.3) is 17.0 Å². The van der Waals surface area contributed by atoms with Crippen molar-refractivity contribution in [1.29, 1.82) is 0 Å². The lowest BCUT2D eigenvalue weighted by molar-refractivity contribution is 0.384. The SMILES string of the molecule is COc1ccccc1CNC(c1cc(=O)n2[nH]c(-c3ccccn3)cc2n1)C(C)C. The van der Waals surface area contributed by atoms with E-state index >= 15 is 0 Å². The van der Waals surface area contributed by atoms with E-state index in [0.717, 1.165) is 28.4 Å². The summed E-state index contributed by atoms with van der Waals surface area (Å²) >= 11 is 0. The Labute approximate surface area is 174 Å². The average molecular weight is 403 g/mol. The van der Waals surface area contributed by atoms with Gasteiger partial charge >= 0.3 is 0 Å². The number of fused-ring (bicyclic) bond motifs is 1. The molecule has 1 unspecified atom stereocenters. The number of H-pyrrole nitrogens is 1. The maximum atomic E-state index is 12.8. The third kappa shape index (κ3) is 3.97. The number of hydrogen-bond acceptors (Lipinski definition) is 5. The van der Waals surface area contributed by atoms with Gasteiger partial charge in [-0.05, 0) is 24.1 Å². The zero-order valence-electron chi connectivity index (χ0n) is 17.3. The van der Waals surface area contributed by atoms with Gasteiger partial charge < -0.3 is 10.1 Å². The van der Waals surface area contributed by atoms with E-state index in [1.54, 1.807) is 19.4 Å². The minimum absolute atomic E-state index is 0.0826. The highest BCUT2D eigenvalue weighted by Crippen LogP contribution is 2.23. The topological polar surface area (TPSA) is 84.3 Å². The van der Waals surface area contributed by atoms with Crippen molar-refractivity contribution in [3.05, 3.63) is 82.4 Å². The lowest BCUT2D eigenvalue weighted by Gasteiger charge is -2.22. The van der Waals surface area contributed by atoms with Gasteiger partial charge in [-0.3, -0.25) is 14.9 Å². The van der Waals surface area contributed by atoms with Crippen molar-refractivity contribution in [1.82, 2.24) is 24.9 Å². The zero-order chi connectivity index (χ0) is 21.1. The van der Waals surface area contributed by atoms with E-state index < -0.39 is 0 Å². The molecule has 3 aromatic heterocycles. The number of aromatic amines is 1. The summed E-state index contributed by atoms with van der Waals surface area (Å²) in [5.41, 5.74) is 3.71. The molecule has 0 radical (unpaired) electrons. The normalized spacial score (nSPS) is 12.4. The highest BCUT2D eigenvalue weighted by atomic mass is 16.5. The molecule has 0 fully saturated rings. The van der Waals surface area contributed by atoms with Gasteiger partial charge in [-0.25, -0.2) is 9.50 Å². The molecule has 0 aliphatic rings. The minimum atomic E-state index is -0.151. The molecule has 1 aromatic carbocycles. The lowest BCUT2D eigenvalue weighted by Crippen LogP contribution is -2.28. The van der Waals surface area contributed by atoms with Gasteiger partial charge in [0.2, 0.25) is 0 Å². The summed E-state index contributed by atoms with van der Waals surface area (Å²) < 4.78 is 6.90. The molecule has 0 aliphatic carbocycles. The van der Waals surface area contributed by atoms with Crippen molar-refractivity contribution in [2.24, 2.45) is 5.92 Å². The second kappa shape index (κ2) is 8.51. The Bertz CT molecular complexity index is 1200. The first-order valence-corrected chi connectivity index (χ1v) is 9.96. The fourth-order valence-corrected chi connectivity index (χ4v) is 3.57. The van der Waals surface area contributed by atoms with E-state index in [4.69, 9.17) is 9.72 Å². The molecule has 0 bridgehead atoms. The summed E-state index contributed by atoms with van der Waals surface area (Å²) in [7, 11) is 1.67. The van der Waals surface area contributed by atoms with Crippen LogP contribution in [0.1, 0.15) is 31.1 Å². The smallest absolute Gasteiger partial charge is 0.272 e. The summed E-state index contributed by atoms with van der Waals surface area (Å²) in [6, 6.07) is 16.9. The molecule has 1 atom stereocenters. The Balaban J connectivity index is 1.66. The van der Waals surface area contributed by atoms with Crippen LogP contribution in [0, 0.1) is 5.92 Å². The number of nitrogens with zero attached hydrogens (tertiary/aromatic N) is 3. The Morgan fingerprint density at radius 1 is 1.13 bits per heavy atom. The van der Waals surface area contributed by atoms with Crippen LogP contribution in [-0.2, 0) is 6.54 Å². The molecule has 0 amide bonds. The van der Waals surface area contributed by atoms with Crippen LogP contribution in [0.5, 0.6) is 5.75 Å². The van der Waals surface area contributed by atoms with Crippen LogP contribution >= 0.6 is 0 Å². The molecule has 30 heavy (non-hydrogen) atoms. The van der Waals surface area contributed by atoms with Crippen LogP contribution in [0.15, 0.2) is 65.6 Å². The molecule has 4 aromatic rings. The third-order valence-corrected chi connectivity index (χ3v) is 5.10. The van der Waals surface area contributed by atoms with E-state index in [-0.39, 0.29) is 17.5 Å². The first kappa shape index (κ1) is 19.8. The number of methoxy groups -OCH3 is 1. The molecule has 2 N–H and O–H groups in total. The summed E-state index contributed by atoms with van der Waals surface area (Å²) in [5, 5.41) is 6.63. The van der Waals surface area contributed by atoms with Crippen LogP contribution in [0.2, 0.25) is 0 Å². The highest BCUT2D eigenvalue weighted by molar-refractivity contribution is 5.60. The maximum Gasteiger partial charge on any atom is 0.272 e. The third-order valence-electron chi connectivity index (χ3n) is 5.10. The predicted molar refractivity (Wildman–Crippen MR) is 116 cm³/mol. The minimum Gasteiger partial charge on any atom is -0.496 e. The lowest BCUT2D eigenvalue weighted by atomic mass is 10.00. The van der Waals surface area contributed by atoms with Gasteiger partial charge in [-0.1, -0.05) is 38.1 Å². The Hall–Kier alpha value is -3.45. The molecule has 0 spiro atoms. The molecule has 7 heteroatoms. The first-order chi connectivity index (χ1) is 14.6. The molecule has 0 saturated carbocycles. The summed E-state index contributed by atoms with van der Waals surface area (Å²) in [6.45, 7) is 4.83. The molecular weight excluding hydrogens is 378 g/mol. The number of benzene rings is 1. The maximum absolute atomic E-state index is 12.8. The van der Waals surface area contributed by atoms with Crippen LogP contribution in [0.4, 0.5) is 0 Å². The Morgan fingerprint density at radius 3 is 2.67 bits per heavy atom. The number of para-hydroxylation sites is 1. The van der Waals surface area contributed by atoms with Crippen molar-refractivity contribution in [3.8, 4) is 17.1 Å². The second-order valence-corrected chi connectivity index (χ2v) is 7.51. The quantitative estimate of drug-likeness (QED) is 0.493. The van der Waals surface area contributed by atoms with Crippen molar-refractivity contribution >= 4 is 5.65 Å². The molecule has 0 aliphatic heterocycles. The number of nitrogens with one attached hydrogen (secondary N) is 2. The van der Waals surface area contributed by atoms with E-state index in [1.807, 2.05) is 48.5 Å². The molecule has 0 saturated heterocycles. The highest BCUT2D eigenvalue weighted by Gasteiger charge is 2.20. The van der Waals surface area contributed by atoms with Crippen molar-refractivity contribution in [3.63, 3.8) is 0 Å². The molecular formula is C23H25N5O2. The molecule has 7 nitrogen and oxygen atoms in total. The summed E-state index contributed by atoms with van der Waals surface area (Å²) in [5.74, 6) is 1.07. The Morgan fingerprint density at radius 2 is 1.93 bits per heavy atom. The van der Waals surface area contributed by atoms with Gasteiger partial charge in [0.15, 0.2) is 5.65 Å². The Kier molecular flexibility index (Phi) is 5.63. The van der Waals surface area contributed by atoms with Gasteiger partial charge in [0.1, 0.15) is 5.75 Å². The number of pyridine rings is 1. The number of aromatic nitrogens is 4. The van der Waals surface area contributed by atoms with Crippen LogP contribution in [0.3, 0.4) is 0 Å². The van der Waals surface area contributed by atoms with E-state index in [9.17, 15) is 4.79 Å². The number of ether oxygens (including phenoxy) is 1. The van der Waals surface area contributed by atoms with Gasteiger partial charge in [0.05, 0.1) is 30.2 Å². The summed E-state index contributed by atoms with van der Waals surface area (Å²) in [4.78, 5) is 21.9. The average Bonchev–Trinajstić information content (AvgIpc) is 3.19.